The van der Waals surface area contributed by atoms with Crippen molar-refractivity contribution in [2.45, 2.75) is 33.3 Å². The highest BCUT2D eigenvalue weighted by Crippen LogP contribution is 2.39. The largest absolute Gasteiger partial charge is 0.489 e. The van der Waals surface area contributed by atoms with Gasteiger partial charge in [0.1, 0.15) is 12.4 Å². The van der Waals surface area contributed by atoms with Gasteiger partial charge in [-0.3, -0.25) is 9.78 Å². The predicted octanol–water partition coefficient (Wildman–Crippen LogP) is 5.33. The number of aromatic nitrogens is 1. The molecule has 3 rings (SSSR count). The summed E-state index contributed by atoms with van der Waals surface area (Å²) in [4.78, 5) is 15.7. The number of pyridine rings is 1. The Morgan fingerprint density at radius 2 is 2.12 bits per heavy atom. The molecule has 0 amide bonds. The van der Waals surface area contributed by atoms with Crippen LogP contribution in [-0.4, -0.2) is 16.1 Å². The van der Waals surface area contributed by atoms with Crippen LogP contribution in [0.1, 0.15) is 35.4 Å². The average Bonchev–Trinajstić information content (AvgIpc) is 2.97. The molecule has 0 aliphatic carbocycles. The first-order valence-electron chi connectivity index (χ1n) is 7.86. The van der Waals surface area contributed by atoms with Crippen molar-refractivity contribution in [2.75, 3.05) is 0 Å². The van der Waals surface area contributed by atoms with Crippen molar-refractivity contribution >= 4 is 39.0 Å². The van der Waals surface area contributed by atoms with Crippen LogP contribution in [0.25, 0.3) is 10.1 Å². The monoisotopic (exact) mass is 375 g/mol. The second-order valence-electron chi connectivity index (χ2n) is 6.02. The van der Waals surface area contributed by atoms with E-state index in [0.29, 0.717) is 17.4 Å². The fourth-order valence-corrected chi connectivity index (χ4v) is 4.16. The Morgan fingerprint density at radius 1 is 1.36 bits per heavy atom. The number of carboxylic acids is 1. The third-order valence-corrected chi connectivity index (χ3v) is 5.44. The Balaban J connectivity index is 1.87. The van der Waals surface area contributed by atoms with Gasteiger partial charge in [0.25, 0.3) is 0 Å². The van der Waals surface area contributed by atoms with Crippen molar-refractivity contribution in [1.29, 1.82) is 0 Å². The van der Waals surface area contributed by atoms with Crippen LogP contribution in [0.5, 0.6) is 5.75 Å². The van der Waals surface area contributed by atoms with E-state index in [0.717, 1.165) is 32.6 Å². The standard InChI is InChI=1S/C19H18ClNO3S/c1-10-4-5-13(12(3)21-10)8-24-14-6-16(20)18-15(11(2)19(22)23)9-25-17(18)7-14/h4-7,9,11H,8H2,1-3H3,(H,22,23). The normalized spacial score (nSPS) is 12.3. The molecule has 25 heavy (non-hydrogen) atoms. The van der Waals surface area contributed by atoms with Gasteiger partial charge in [-0.05, 0) is 49.9 Å². The van der Waals surface area contributed by atoms with Crippen LogP contribution in [-0.2, 0) is 11.4 Å². The van der Waals surface area contributed by atoms with Crippen LogP contribution in [0.15, 0.2) is 29.6 Å². The van der Waals surface area contributed by atoms with Crippen LogP contribution in [0.4, 0.5) is 0 Å². The number of aliphatic carboxylic acids is 1. The van der Waals surface area contributed by atoms with Gasteiger partial charge in [-0.25, -0.2) is 0 Å². The fraction of sp³-hybridized carbons (Fsp3) is 0.263. The Labute approximate surface area is 155 Å². The summed E-state index contributed by atoms with van der Waals surface area (Å²) < 4.78 is 6.81. The summed E-state index contributed by atoms with van der Waals surface area (Å²) in [5.74, 6) is -0.799. The van der Waals surface area contributed by atoms with Gasteiger partial charge in [-0.2, -0.15) is 0 Å². The smallest absolute Gasteiger partial charge is 0.310 e. The Bertz CT molecular complexity index is 951. The highest BCUT2D eigenvalue weighted by molar-refractivity contribution is 7.17. The summed E-state index contributed by atoms with van der Waals surface area (Å²) >= 11 is 7.89. The molecule has 2 aromatic heterocycles. The lowest BCUT2D eigenvalue weighted by Crippen LogP contribution is -2.06. The number of halogens is 1. The molecule has 0 bridgehead atoms. The zero-order valence-corrected chi connectivity index (χ0v) is 15.7. The number of thiophene rings is 1. The number of aryl methyl sites for hydroxylation is 2. The molecule has 6 heteroatoms. The first-order chi connectivity index (χ1) is 11.9. The minimum atomic E-state index is -0.863. The molecule has 0 saturated carbocycles. The van der Waals surface area contributed by atoms with Crippen LogP contribution in [0, 0.1) is 13.8 Å². The Morgan fingerprint density at radius 3 is 2.80 bits per heavy atom. The second-order valence-corrected chi connectivity index (χ2v) is 7.33. The summed E-state index contributed by atoms with van der Waals surface area (Å²) in [6, 6.07) is 7.61. The quantitative estimate of drug-likeness (QED) is 0.654. The lowest BCUT2D eigenvalue weighted by Gasteiger charge is -2.11. The lowest BCUT2D eigenvalue weighted by atomic mass is 10.0. The van der Waals surface area contributed by atoms with Crippen LogP contribution in [0.2, 0.25) is 5.02 Å². The Kier molecular flexibility index (Phi) is 4.97. The summed E-state index contributed by atoms with van der Waals surface area (Å²) in [5.41, 5.74) is 3.68. The number of carboxylic acid groups (broad SMARTS) is 1. The minimum absolute atomic E-state index is 0.407. The van der Waals surface area contributed by atoms with E-state index in [1.807, 2.05) is 37.4 Å². The number of ether oxygens (including phenoxy) is 1. The van der Waals surface area contributed by atoms with Crippen LogP contribution >= 0.6 is 22.9 Å². The van der Waals surface area contributed by atoms with E-state index < -0.39 is 11.9 Å². The molecule has 1 unspecified atom stereocenters. The van der Waals surface area contributed by atoms with Crippen LogP contribution in [0.3, 0.4) is 0 Å². The molecule has 3 aromatic rings. The summed E-state index contributed by atoms with van der Waals surface area (Å²) in [6.07, 6.45) is 0. The van der Waals surface area contributed by atoms with E-state index in [4.69, 9.17) is 16.3 Å². The number of carbonyl (C=O) groups is 1. The van der Waals surface area contributed by atoms with Gasteiger partial charge < -0.3 is 9.84 Å². The first-order valence-corrected chi connectivity index (χ1v) is 9.12. The van der Waals surface area contributed by atoms with Crippen molar-refractivity contribution in [2.24, 2.45) is 0 Å². The molecular weight excluding hydrogens is 358 g/mol. The maximum absolute atomic E-state index is 11.3. The number of benzene rings is 1. The molecule has 0 aliphatic heterocycles. The molecule has 0 fully saturated rings. The van der Waals surface area contributed by atoms with Gasteiger partial charge in [-0.1, -0.05) is 17.7 Å². The highest BCUT2D eigenvalue weighted by atomic mass is 35.5. The molecule has 4 nitrogen and oxygen atoms in total. The topological polar surface area (TPSA) is 59.4 Å². The van der Waals surface area contributed by atoms with Gasteiger partial charge in [-0.15, -0.1) is 11.3 Å². The number of rotatable bonds is 5. The second kappa shape index (κ2) is 7.02. The predicted molar refractivity (Wildman–Crippen MR) is 101 cm³/mol. The highest BCUT2D eigenvalue weighted by Gasteiger charge is 2.20. The summed E-state index contributed by atoms with van der Waals surface area (Å²) in [5, 5.41) is 12.4. The van der Waals surface area contributed by atoms with Gasteiger partial charge in [0, 0.05) is 27.0 Å². The van der Waals surface area contributed by atoms with E-state index in [-0.39, 0.29) is 0 Å². The summed E-state index contributed by atoms with van der Waals surface area (Å²) in [7, 11) is 0. The third-order valence-electron chi connectivity index (χ3n) is 4.19. The van der Waals surface area contributed by atoms with Crippen molar-refractivity contribution < 1.29 is 14.6 Å². The van der Waals surface area contributed by atoms with Crippen molar-refractivity contribution in [3.8, 4) is 5.75 Å². The SMILES string of the molecule is Cc1ccc(COc2cc(Cl)c3c(C(C)C(=O)O)csc3c2)c(C)n1. The van der Waals surface area contributed by atoms with Crippen molar-refractivity contribution in [1.82, 2.24) is 4.98 Å². The Hall–Kier alpha value is -2.11. The summed E-state index contributed by atoms with van der Waals surface area (Å²) in [6.45, 7) is 5.99. The average molecular weight is 376 g/mol. The van der Waals surface area contributed by atoms with Gasteiger partial charge in [0.15, 0.2) is 0 Å². The van der Waals surface area contributed by atoms with Gasteiger partial charge in [0.05, 0.1) is 10.9 Å². The maximum atomic E-state index is 11.3. The van der Waals surface area contributed by atoms with Crippen molar-refractivity contribution in [3.63, 3.8) is 0 Å². The van der Waals surface area contributed by atoms with E-state index >= 15 is 0 Å². The molecule has 0 spiro atoms. The molecule has 2 heterocycles. The number of hydrogen-bond donors (Lipinski definition) is 1. The van der Waals surface area contributed by atoms with E-state index in [1.54, 1.807) is 13.0 Å². The maximum Gasteiger partial charge on any atom is 0.310 e. The molecule has 0 radical (unpaired) electrons. The molecule has 0 aliphatic rings. The molecule has 1 atom stereocenters. The molecular formula is C19H18ClNO3S. The molecule has 130 valence electrons. The van der Waals surface area contributed by atoms with E-state index in [2.05, 4.69) is 4.98 Å². The van der Waals surface area contributed by atoms with Gasteiger partial charge in [0.2, 0.25) is 0 Å². The first kappa shape index (κ1) is 17.7. The van der Waals surface area contributed by atoms with E-state index in [9.17, 15) is 9.90 Å². The molecule has 1 aromatic carbocycles. The number of fused-ring (bicyclic) bond motifs is 1. The number of nitrogens with zero attached hydrogens (tertiary/aromatic N) is 1. The third kappa shape index (κ3) is 3.62. The van der Waals surface area contributed by atoms with Gasteiger partial charge >= 0.3 is 5.97 Å². The van der Waals surface area contributed by atoms with Crippen LogP contribution < -0.4 is 4.74 Å². The lowest BCUT2D eigenvalue weighted by molar-refractivity contribution is -0.138. The fourth-order valence-electron chi connectivity index (χ4n) is 2.68. The number of hydrogen-bond acceptors (Lipinski definition) is 4. The van der Waals surface area contributed by atoms with Crippen molar-refractivity contribution in [3.05, 3.63) is 57.2 Å². The zero-order valence-electron chi connectivity index (χ0n) is 14.2. The zero-order chi connectivity index (χ0) is 18.1. The van der Waals surface area contributed by atoms with E-state index in [1.165, 1.54) is 11.3 Å². The minimum Gasteiger partial charge on any atom is -0.489 e. The molecule has 1 N–H and O–H groups in total. The molecule has 0 saturated heterocycles.